The molecule has 1 aliphatic heterocycles. The molecule has 0 aromatic heterocycles. The lowest BCUT2D eigenvalue weighted by atomic mass is 10.0. The average molecular weight is 267 g/mol. The minimum Gasteiger partial charge on any atom is -0.493 e. The number of ether oxygens (including phenoxy) is 1. The summed E-state index contributed by atoms with van der Waals surface area (Å²) in [6, 6.07) is 13.4. The van der Waals surface area contributed by atoms with Crippen molar-refractivity contribution in [1.29, 1.82) is 0 Å². The SMILES string of the molecule is Cc1cc(C)cc(C(C)Nc2ccc3c(c2)CCO3)c1. The zero-order valence-electron chi connectivity index (χ0n) is 12.4. The van der Waals surface area contributed by atoms with Gasteiger partial charge in [-0.05, 0) is 50.1 Å². The molecule has 0 aliphatic carbocycles. The average Bonchev–Trinajstić information content (AvgIpc) is 2.85. The van der Waals surface area contributed by atoms with Crippen LogP contribution in [0.25, 0.3) is 0 Å². The van der Waals surface area contributed by atoms with E-state index in [1.807, 2.05) is 0 Å². The van der Waals surface area contributed by atoms with Crippen molar-refractivity contribution < 1.29 is 4.74 Å². The number of rotatable bonds is 3. The summed E-state index contributed by atoms with van der Waals surface area (Å²) in [6.07, 6.45) is 1.02. The summed E-state index contributed by atoms with van der Waals surface area (Å²) in [5, 5.41) is 3.59. The molecule has 20 heavy (non-hydrogen) atoms. The lowest BCUT2D eigenvalue weighted by Crippen LogP contribution is -2.07. The molecule has 1 aliphatic rings. The maximum absolute atomic E-state index is 5.55. The van der Waals surface area contributed by atoms with E-state index in [2.05, 4.69) is 62.5 Å². The molecule has 0 amide bonds. The Morgan fingerprint density at radius 3 is 2.55 bits per heavy atom. The molecule has 2 heteroatoms. The van der Waals surface area contributed by atoms with E-state index in [4.69, 9.17) is 4.74 Å². The van der Waals surface area contributed by atoms with Gasteiger partial charge in [0, 0.05) is 18.2 Å². The van der Waals surface area contributed by atoms with Crippen molar-refractivity contribution >= 4 is 5.69 Å². The van der Waals surface area contributed by atoms with Crippen LogP contribution in [-0.2, 0) is 6.42 Å². The number of aryl methyl sites for hydroxylation is 2. The maximum Gasteiger partial charge on any atom is 0.122 e. The van der Waals surface area contributed by atoms with Crippen LogP contribution in [0.3, 0.4) is 0 Å². The maximum atomic E-state index is 5.55. The minimum atomic E-state index is 0.300. The molecule has 0 saturated carbocycles. The second kappa shape index (κ2) is 5.20. The third-order valence-electron chi connectivity index (χ3n) is 3.82. The Bertz CT molecular complexity index is 613. The van der Waals surface area contributed by atoms with Crippen molar-refractivity contribution in [2.24, 2.45) is 0 Å². The summed E-state index contributed by atoms with van der Waals surface area (Å²) in [7, 11) is 0. The molecule has 0 fully saturated rings. The second-order valence-electron chi connectivity index (χ2n) is 5.71. The third kappa shape index (κ3) is 2.64. The molecule has 104 valence electrons. The number of hydrogen-bond acceptors (Lipinski definition) is 2. The summed E-state index contributed by atoms with van der Waals surface area (Å²) in [5.41, 5.74) is 6.44. The van der Waals surface area contributed by atoms with Gasteiger partial charge in [-0.2, -0.15) is 0 Å². The van der Waals surface area contributed by atoms with Crippen LogP contribution in [0.1, 0.15) is 35.2 Å². The van der Waals surface area contributed by atoms with Gasteiger partial charge < -0.3 is 10.1 Å². The molecular weight excluding hydrogens is 246 g/mol. The van der Waals surface area contributed by atoms with Crippen LogP contribution in [0, 0.1) is 13.8 Å². The van der Waals surface area contributed by atoms with Crippen LogP contribution in [0.15, 0.2) is 36.4 Å². The van der Waals surface area contributed by atoms with E-state index in [1.165, 1.54) is 27.9 Å². The van der Waals surface area contributed by atoms with E-state index in [0.29, 0.717) is 6.04 Å². The normalized spacial score (nSPS) is 14.6. The molecule has 0 saturated heterocycles. The number of nitrogens with one attached hydrogen (secondary N) is 1. The van der Waals surface area contributed by atoms with Gasteiger partial charge in [0.25, 0.3) is 0 Å². The van der Waals surface area contributed by atoms with E-state index < -0.39 is 0 Å². The molecule has 0 radical (unpaired) electrons. The van der Waals surface area contributed by atoms with Gasteiger partial charge in [-0.3, -0.25) is 0 Å². The Morgan fingerprint density at radius 2 is 1.80 bits per heavy atom. The highest BCUT2D eigenvalue weighted by Crippen LogP contribution is 2.29. The van der Waals surface area contributed by atoms with E-state index in [9.17, 15) is 0 Å². The van der Waals surface area contributed by atoms with Crippen molar-refractivity contribution in [1.82, 2.24) is 0 Å². The third-order valence-corrected chi connectivity index (χ3v) is 3.82. The van der Waals surface area contributed by atoms with Crippen LogP contribution in [0.4, 0.5) is 5.69 Å². The largest absolute Gasteiger partial charge is 0.493 e. The number of benzene rings is 2. The molecule has 2 aromatic rings. The predicted molar refractivity (Wildman–Crippen MR) is 83.6 cm³/mol. The number of fused-ring (bicyclic) bond motifs is 1. The zero-order valence-corrected chi connectivity index (χ0v) is 12.4. The summed E-state index contributed by atoms with van der Waals surface area (Å²) in [5.74, 6) is 1.04. The Labute approximate surface area is 120 Å². The van der Waals surface area contributed by atoms with Gasteiger partial charge in [0.1, 0.15) is 5.75 Å². The fourth-order valence-electron chi connectivity index (χ4n) is 2.87. The van der Waals surface area contributed by atoms with Gasteiger partial charge in [-0.15, -0.1) is 0 Å². The zero-order chi connectivity index (χ0) is 14.1. The van der Waals surface area contributed by atoms with Crippen LogP contribution in [0.2, 0.25) is 0 Å². The first-order valence-corrected chi connectivity index (χ1v) is 7.22. The molecule has 1 atom stereocenters. The van der Waals surface area contributed by atoms with Crippen molar-refractivity contribution in [2.45, 2.75) is 33.2 Å². The molecule has 1 heterocycles. The summed E-state index contributed by atoms with van der Waals surface area (Å²) >= 11 is 0. The molecule has 3 rings (SSSR count). The van der Waals surface area contributed by atoms with Gasteiger partial charge >= 0.3 is 0 Å². The van der Waals surface area contributed by atoms with Crippen molar-refractivity contribution in [3.8, 4) is 5.75 Å². The van der Waals surface area contributed by atoms with E-state index in [0.717, 1.165) is 18.8 Å². The fraction of sp³-hybridized carbons (Fsp3) is 0.333. The Morgan fingerprint density at radius 1 is 1.05 bits per heavy atom. The highest BCUT2D eigenvalue weighted by atomic mass is 16.5. The summed E-state index contributed by atoms with van der Waals surface area (Å²) in [4.78, 5) is 0. The first-order valence-electron chi connectivity index (χ1n) is 7.22. The number of hydrogen-bond donors (Lipinski definition) is 1. The highest BCUT2D eigenvalue weighted by molar-refractivity contribution is 5.53. The first kappa shape index (κ1) is 13.0. The van der Waals surface area contributed by atoms with Gasteiger partial charge in [0.2, 0.25) is 0 Å². The van der Waals surface area contributed by atoms with Crippen LogP contribution < -0.4 is 10.1 Å². The highest BCUT2D eigenvalue weighted by Gasteiger charge is 2.13. The van der Waals surface area contributed by atoms with Crippen LogP contribution in [0.5, 0.6) is 5.75 Å². The van der Waals surface area contributed by atoms with E-state index in [-0.39, 0.29) is 0 Å². The lowest BCUT2D eigenvalue weighted by molar-refractivity contribution is 0.357. The molecule has 0 bridgehead atoms. The molecule has 2 nitrogen and oxygen atoms in total. The van der Waals surface area contributed by atoms with Crippen molar-refractivity contribution in [3.05, 3.63) is 58.7 Å². The van der Waals surface area contributed by atoms with Gasteiger partial charge in [0.05, 0.1) is 6.61 Å². The molecule has 2 aromatic carbocycles. The molecule has 1 unspecified atom stereocenters. The standard InChI is InChI=1S/C18H21NO/c1-12-8-13(2)10-16(9-12)14(3)19-17-4-5-18-15(11-17)6-7-20-18/h4-5,8-11,14,19H,6-7H2,1-3H3. The molecule has 0 spiro atoms. The van der Waals surface area contributed by atoms with E-state index >= 15 is 0 Å². The smallest absolute Gasteiger partial charge is 0.122 e. The van der Waals surface area contributed by atoms with Crippen molar-refractivity contribution in [3.63, 3.8) is 0 Å². The quantitative estimate of drug-likeness (QED) is 0.889. The Kier molecular flexibility index (Phi) is 3.39. The van der Waals surface area contributed by atoms with Gasteiger partial charge in [0.15, 0.2) is 0 Å². The van der Waals surface area contributed by atoms with Crippen LogP contribution >= 0.6 is 0 Å². The first-order chi connectivity index (χ1) is 9.61. The second-order valence-corrected chi connectivity index (χ2v) is 5.71. The summed E-state index contributed by atoms with van der Waals surface area (Å²) < 4.78 is 5.55. The lowest BCUT2D eigenvalue weighted by Gasteiger charge is -2.17. The van der Waals surface area contributed by atoms with E-state index in [1.54, 1.807) is 0 Å². The molecular formula is C18H21NO. The number of anilines is 1. The Hall–Kier alpha value is -1.96. The molecule has 1 N–H and O–H groups in total. The van der Waals surface area contributed by atoms with Gasteiger partial charge in [-0.1, -0.05) is 29.3 Å². The summed E-state index contributed by atoms with van der Waals surface area (Å²) in [6.45, 7) is 7.31. The van der Waals surface area contributed by atoms with Gasteiger partial charge in [-0.25, -0.2) is 0 Å². The monoisotopic (exact) mass is 267 g/mol. The fourth-order valence-corrected chi connectivity index (χ4v) is 2.87. The topological polar surface area (TPSA) is 21.3 Å². The predicted octanol–water partition coefficient (Wildman–Crippen LogP) is 4.41. The Balaban J connectivity index is 1.80. The minimum absolute atomic E-state index is 0.300. The van der Waals surface area contributed by atoms with Crippen LogP contribution in [-0.4, -0.2) is 6.61 Å². The van der Waals surface area contributed by atoms with Crippen molar-refractivity contribution in [2.75, 3.05) is 11.9 Å².